The molecule has 106 valence electrons. The number of morpholine rings is 1. The lowest BCUT2D eigenvalue weighted by atomic mass is 10.2. The van der Waals surface area contributed by atoms with Crippen LogP contribution in [0.25, 0.3) is 0 Å². The number of hydrogen-bond donors (Lipinski definition) is 1. The van der Waals surface area contributed by atoms with Crippen LogP contribution < -0.4 is 10.2 Å². The van der Waals surface area contributed by atoms with Crippen LogP contribution in [-0.4, -0.2) is 47.9 Å². The monoisotopic (exact) mass is 266 g/mol. The molecule has 1 N–H and O–H groups in total. The minimum atomic E-state index is 0.478. The summed E-state index contributed by atoms with van der Waals surface area (Å²) in [6.07, 6.45) is 0. The summed E-state index contributed by atoms with van der Waals surface area (Å²) in [6, 6.07) is 1.85. The summed E-state index contributed by atoms with van der Waals surface area (Å²) < 4.78 is 10.9. The Labute approximate surface area is 114 Å². The zero-order valence-electron chi connectivity index (χ0n) is 11.8. The van der Waals surface area contributed by atoms with Gasteiger partial charge in [-0.15, -0.1) is 0 Å². The number of nitrogens with one attached hydrogen (secondary N) is 1. The van der Waals surface area contributed by atoms with Gasteiger partial charge in [0.05, 0.1) is 19.8 Å². The quantitative estimate of drug-likeness (QED) is 0.871. The normalized spacial score (nSPS) is 16.6. The van der Waals surface area contributed by atoms with Gasteiger partial charge in [-0.25, -0.2) is 9.99 Å². The molecule has 1 aliphatic heterocycles. The van der Waals surface area contributed by atoms with Gasteiger partial charge in [0, 0.05) is 24.8 Å². The van der Waals surface area contributed by atoms with E-state index in [4.69, 9.17) is 9.47 Å². The zero-order valence-corrected chi connectivity index (χ0v) is 11.8. The minimum Gasteiger partial charge on any atom is -0.477 e. The Morgan fingerprint density at radius 3 is 2.79 bits per heavy atom. The van der Waals surface area contributed by atoms with Gasteiger partial charge in [0.15, 0.2) is 0 Å². The number of rotatable bonds is 5. The average molecular weight is 266 g/mol. The van der Waals surface area contributed by atoms with Crippen LogP contribution in [0.1, 0.15) is 19.5 Å². The Kier molecular flexibility index (Phi) is 4.93. The van der Waals surface area contributed by atoms with E-state index in [1.807, 2.05) is 13.0 Å². The number of ether oxygens (including phenoxy) is 2. The molecule has 0 unspecified atom stereocenters. The summed E-state index contributed by atoms with van der Waals surface area (Å²) >= 11 is 0. The van der Waals surface area contributed by atoms with E-state index >= 15 is 0 Å². The van der Waals surface area contributed by atoms with E-state index < -0.39 is 0 Å². The third kappa shape index (κ3) is 4.65. The first-order chi connectivity index (χ1) is 9.13. The van der Waals surface area contributed by atoms with Crippen LogP contribution in [0.2, 0.25) is 0 Å². The van der Waals surface area contributed by atoms with Crippen LogP contribution in [0.5, 0.6) is 5.88 Å². The molecule has 0 amide bonds. The maximum absolute atomic E-state index is 5.64. The summed E-state index contributed by atoms with van der Waals surface area (Å²) in [5.74, 6) is 1.68. The van der Waals surface area contributed by atoms with E-state index in [9.17, 15) is 0 Å². The van der Waals surface area contributed by atoms with E-state index in [1.165, 1.54) is 0 Å². The van der Waals surface area contributed by atoms with Crippen LogP contribution in [0.4, 0.5) is 5.95 Å². The second kappa shape index (κ2) is 6.68. The van der Waals surface area contributed by atoms with Crippen molar-refractivity contribution in [2.45, 2.75) is 20.8 Å². The molecule has 0 aliphatic carbocycles. The highest BCUT2D eigenvalue weighted by atomic mass is 16.5. The van der Waals surface area contributed by atoms with Crippen LogP contribution in [0.3, 0.4) is 0 Å². The lowest BCUT2D eigenvalue weighted by Gasteiger charge is -2.27. The van der Waals surface area contributed by atoms with Crippen molar-refractivity contribution in [2.75, 3.05) is 38.3 Å². The minimum absolute atomic E-state index is 0.478. The van der Waals surface area contributed by atoms with Crippen molar-refractivity contribution in [3.05, 3.63) is 11.8 Å². The molecule has 6 nitrogen and oxygen atoms in total. The first-order valence-electron chi connectivity index (χ1n) is 6.71. The molecular weight excluding hydrogens is 244 g/mol. The summed E-state index contributed by atoms with van der Waals surface area (Å²) in [5.41, 5.74) is 4.09. The number of hydrazine groups is 1. The molecule has 0 spiro atoms. The van der Waals surface area contributed by atoms with E-state index in [0.717, 1.165) is 32.0 Å². The summed E-state index contributed by atoms with van der Waals surface area (Å²) in [6.45, 7) is 9.95. The van der Waals surface area contributed by atoms with Gasteiger partial charge in [-0.1, -0.05) is 13.8 Å². The van der Waals surface area contributed by atoms with Crippen molar-refractivity contribution in [1.82, 2.24) is 15.0 Å². The Balaban J connectivity index is 1.99. The molecule has 1 fully saturated rings. The molecule has 2 heterocycles. The van der Waals surface area contributed by atoms with E-state index in [-0.39, 0.29) is 0 Å². The molecule has 1 saturated heterocycles. The third-order valence-corrected chi connectivity index (χ3v) is 2.66. The molecular formula is C13H22N4O2. The molecule has 1 aromatic heterocycles. The highest BCUT2D eigenvalue weighted by Crippen LogP contribution is 2.13. The van der Waals surface area contributed by atoms with E-state index in [2.05, 4.69) is 34.3 Å². The smallest absolute Gasteiger partial charge is 0.241 e. The average Bonchev–Trinajstić information content (AvgIpc) is 2.37. The maximum atomic E-state index is 5.64. The first kappa shape index (κ1) is 14.0. The van der Waals surface area contributed by atoms with Crippen molar-refractivity contribution in [3.8, 4) is 5.88 Å². The third-order valence-electron chi connectivity index (χ3n) is 2.66. The fraction of sp³-hybridized carbons (Fsp3) is 0.692. The molecule has 19 heavy (non-hydrogen) atoms. The largest absolute Gasteiger partial charge is 0.477 e. The number of aromatic nitrogens is 2. The van der Waals surface area contributed by atoms with Gasteiger partial charge < -0.3 is 9.47 Å². The zero-order chi connectivity index (χ0) is 13.7. The van der Waals surface area contributed by atoms with Crippen molar-refractivity contribution >= 4 is 5.95 Å². The molecule has 0 radical (unpaired) electrons. The molecule has 0 bridgehead atoms. The molecule has 2 rings (SSSR count). The van der Waals surface area contributed by atoms with Crippen molar-refractivity contribution in [3.63, 3.8) is 0 Å². The SMILES string of the molecule is Cc1cc(OCC(C)C)nc(NN2CCOCC2)n1. The van der Waals surface area contributed by atoms with E-state index in [1.54, 1.807) is 0 Å². The topological polar surface area (TPSA) is 59.5 Å². The molecule has 0 saturated carbocycles. The predicted molar refractivity (Wildman–Crippen MR) is 73.1 cm³/mol. The van der Waals surface area contributed by atoms with Crippen LogP contribution in [0.15, 0.2) is 6.07 Å². The van der Waals surface area contributed by atoms with Crippen LogP contribution in [-0.2, 0) is 4.74 Å². The highest BCUT2D eigenvalue weighted by molar-refractivity contribution is 5.29. The summed E-state index contributed by atoms with van der Waals surface area (Å²) in [4.78, 5) is 8.74. The Hall–Kier alpha value is -1.40. The lowest BCUT2D eigenvalue weighted by Crippen LogP contribution is -2.40. The fourth-order valence-corrected chi connectivity index (χ4v) is 1.73. The van der Waals surface area contributed by atoms with Gasteiger partial charge in [-0.05, 0) is 12.8 Å². The van der Waals surface area contributed by atoms with Crippen molar-refractivity contribution in [1.29, 1.82) is 0 Å². The van der Waals surface area contributed by atoms with Crippen LogP contribution in [0, 0.1) is 12.8 Å². The standard InChI is InChI=1S/C13H22N4O2/c1-10(2)9-19-12-8-11(3)14-13(15-12)16-17-4-6-18-7-5-17/h8,10H,4-7,9H2,1-3H3,(H,14,15,16). The fourth-order valence-electron chi connectivity index (χ4n) is 1.73. The molecule has 1 aliphatic rings. The second-order valence-electron chi connectivity index (χ2n) is 5.09. The van der Waals surface area contributed by atoms with Gasteiger partial charge in [-0.3, -0.25) is 5.43 Å². The number of hydrogen-bond acceptors (Lipinski definition) is 6. The summed E-state index contributed by atoms with van der Waals surface area (Å²) in [7, 11) is 0. The maximum Gasteiger partial charge on any atom is 0.241 e. The van der Waals surface area contributed by atoms with Gasteiger partial charge in [0.25, 0.3) is 0 Å². The molecule has 0 atom stereocenters. The second-order valence-corrected chi connectivity index (χ2v) is 5.09. The Morgan fingerprint density at radius 2 is 2.11 bits per heavy atom. The Bertz CT molecular complexity index is 406. The summed E-state index contributed by atoms with van der Waals surface area (Å²) in [5, 5.41) is 2.06. The van der Waals surface area contributed by atoms with Gasteiger partial charge >= 0.3 is 0 Å². The van der Waals surface area contributed by atoms with Crippen molar-refractivity contribution in [2.24, 2.45) is 5.92 Å². The molecule has 6 heteroatoms. The van der Waals surface area contributed by atoms with Gasteiger partial charge in [0.2, 0.25) is 11.8 Å². The van der Waals surface area contributed by atoms with Crippen molar-refractivity contribution < 1.29 is 9.47 Å². The highest BCUT2D eigenvalue weighted by Gasteiger charge is 2.12. The Morgan fingerprint density at radius 1 is 1.37 bits per heavy atom. The van der Waals surface area contributed by atoms with E-state index in [0.29, 0.717) is 24.4 Å². The molecule has 1 aromatic rings. The number of aryl methyl sites for hydroxylation is 1. The number of anilines is 1. The lowest BCUT2D eigenvalue weighted by molar-refractivity contribution is 0.0492. The molecule has 0 aromatic carbocycles. The first-order valence-corrected chi connectivity index (χ1v) is 6.71. The number of nitrogens with zero attached hydrogens (tertiary/aromatic N) is 3. The predicted octanol–water partition coefficient (Wildman–Crippen LogP) is 1.48. The van der Waals surface area contributed by atoms with Crippen LogP contribution >= 0.6 is 0 Å². The van der Waals surface area contributed by atoms with Gasteiger partial charge in [-0.2, -0.15) is 4.98 Å². The van der Waals surface area contributed by atoms with Gasteiger partial charge in [0.1, 0.15) is 0 Å².